The maximum Gasteiger partial charge on any atom is 0.289 e. The number of thiophene rings is 1. The molecule has 3 aromatic rings. The van der Waals surface area contributed by atoms with E-state index in [1.807, 2.05) is 42.5 Å². The molecule has 0 saturated carbocycles. The van der Waals surface area contributed by atoms with Gasteiger partial charge in [-0.3, -0.25) is 5.73 Å². The first-order valence-electron chi connectivity index (χ1n) is 6.78. The largest absolute Gasteiger partial charge is 0.497 e. The van der Waals surface area contributed by atoms with E-state index in [9.17, 15) is 5.26 Å². The van der Waals surface area contributed by atoms with Crippen molar-refractivity contribution in [3.63, 3.8) is 0 Å². The molecule has 0 spiro atoms. The summed E-state index contributed by atoms with van der Waals surface area (Å²) in [4.78, 5) is 4.03. The van der Waals surface area contributed by atoms with Crippen LogP contribution >= 0.6 is 22.9 Å². The van der Waals surface area contributed by atoms with Gasteiger partial charge in [0.25, 0.3) is 5.82 Å². The summed E-state index contributed by atoms with van der Waals surface area (Å²) in [6.45, 7) is 0. The van der Waals surface area contributed by atoms with Gasteiger partial charge in [-0.25, -0.2) is 4.98 Å². The zero-order chi connectivity index (χ0) is 16.4. The predicted octanol–water partition coefficient (Wildman–Crippen LogP) is 4.01. The van der Waals surface area contributed by atoms with Crippen molar-refractivity contribution < 1.29 is 9.72 Å². The number of anilines is 1. The van der Waals surface area contributed by atoms with E-state index in [1.165, 1.54) is 11.3 Å². The minimum absolute atomic E-state index is 0.334. The van der Waals surface area contributed by atoms with Gasteiger partial charge < -0.3 is 4.74 Å². The van der Waals surface area contributed by atoms with E-state index in [4.69, 9.17) is 22.1 Å². The van der Waals surface area contributed by atoms with Gasteiger partial charge in [0.2, 0.25) is 0 Å². The molecule has 2 aromatic heterocycles. The second-order valence-corrected chi connectivity index (χ2v) is 6.54. The summed E-state index contributed by atoms with van der Waals surface area (Å²) >= 11 is 7.45. The van der Waals surface area contributed by atoms with Crippen LogP contribution in [-0.4, -0.2) is 7.11 Å². The lowest BCUT2D eigenvalue weighted by atomic mass is 10.00. The molecule has 0 saturated heterocycles. The summed E-state index contributed by atoms with van der Waals surface area (Å²) in [5.41, 5.74) is 8.95. The number of pyridine rings is 1. The van der Waals surface area contributed by atoms with Gasteiger partial charge in [0, 0.05) is 5.56 Å². The number of nitriles is 1. The number of nitrogens with two attached hydrogens (primary N) is 1. The average Bonchev–Trinajstić information content (AvgIpc) is 3.00. The Morgan fingerprint density at radius 2 is 1.96 bits per heavy atom. The number of hydrogen-bond donors (Lipinski definition) is 1. The smallest absolute Gasteiger partial charge is 0.289 e. The van der Waals surface area contributed by atoms with Crippen LogP contribution in [0, 0.1) is 11.3 Å². The molecule has 6 heteroatoms. The molecule has 0 fully saturated rings. The zero-order valence-electron chi connectivity index (χ0n) is 12.3. The van der Waals surface area contributed by atoms with Crippen LogP contribution in [0.3, 0.4) is 0 Å². The number of halogens is 1. The Morgan fingerprint density at radius 3 is 2.52 bits per heavy atom. The van der Waals surface area contributed by atoms with E-state index in [2.05, 4.69) is 11.1 Å². The molecule has 2 heterocycles. The van der Waals surface area contributed by atoms with Gasteiger partial charge in [0.15, 0.2) is 0 Å². The maximum atomic E-state index is 9.43. The number of hydrogen-bond acceptors (Lipinski definition) is 4. The van der Waals surface area contributed by atoms with Crippen molar-refractivity contribution in [3.05, 3.63) is 52.4 Å². The third-order valence-corrected chi connectivity index (χ3v) is 4.71. The summed E-state index contributed by atoms with van der Waals surface area (Å²) in [6, 6.07) is 15.3. The van der Waals surface area contributed by atoms with Gasteiger partial charge in [-0.15, -0.1) is 11.3 Å². The second-order valence-electron chi connectivity index (χ2n) is 4.83. The summed E-state index contributed by atoms with van der Waals surface area (Å²) < 4.78 is 5.87. The highest BCUT2D eigenvalue weighted by atomic mass is 35.5. The number of benzene rings is 1. The van der Waals surface area contributed by atoms with Crippen molar-refractivity contribution in [1.29, 1.82) is 5.26 Å². The lowest BCUT2D eigenvalue weighted by molar-refractivity contribution is -0.346. The van der Waals surface area contributed by atoms with Gasteiger partial charge in [-0.2, -0.15) is 5.26 Å². The van der Waals surface area contributed by atoms with Crippen LogP contribution in [-0.2, 0) is 0 Å². The molecule has 4 nitrogen and oxygen atoms in total. The molecule has 23 heavy (non-hydrogen) atoms. The van der Waals surface area contributed by atoms with Gasteiger partial charge in [0.05, 0.1) is 16.3 Å². The Balaban J connectivity index is 2.17. The SMILES string of the molecule is COc1ccc(-c2cc(-c3ccc(Cl)s3)[nH+]c(N)c2C#N)cc1. The molecule has 1 aromatic carbocycles. The van der Waals surface area contributed by atoms with E-state index in [0.717, 1.165) is 27.4 Å². The molecular formula is C17H13ClN3OS+. The van der Waals surface area contributed by atoms with Crippen LogP contribution in [0.15, 0.2) is 42.5 Å². The average molecular weight is 343 g/mol. The first kappa shape index (κ1) is 15.3. The quantitative estimate of drug-likeness (QED) is 0.781. The summed E-state index contributed by atoms with van der Waals surface area (Å²) in [7, 11) is 1.61. The van der Waals surface area contributed by atoms with Gasteiger partial charge >= 0.3 is 0 Å². The number of nitrogens with zero attached hydrogens (tertiary/aromatic N) is 1. The Hall–Kier alpha value is -2.55. The third kappa shape index (κ3) is 3.00. The molecule has 3 rings (SSSR count). The first-order chi connectivity index (χ1) is 11.1. The predicted molar refractivity (Wildman–Crippen MR) is 92.4 cm³/mol. The molecule has 0 bridgehead atoms. The molecule has 0 aliphatic heterocycles. The Kier molecular flexibility index (Phi) is 4.20. The molecule has 0 radical (unpaired) electrons. The van der Waals surface area contributed by atoms with Gasteiger partial charge in [-0.1, -0.05) is 23.7 Å². The fraction of sp³-hybridized carbons (Fsp3) is 0.0588. The van der Waals surface area contributed by atoms with Crippen LogP contribution in [0.5, 0.6) is 5.75 Å². The van der Waals surface area contributed by atoms with Crippen molar-refractivity contribution in [2.75, 3.05) is 12.8 Å². The summed E-state index contributed by atoms with van der Waals surface area (Å²) in [6.07, 6.45) is 0. The number of H-pyrrole nitrogens is 1. The standard InChI is InChI=1S/C17H12ClN3OS/c1-22-11-4-2-10(3-5-11)12-8-14(15-6-7-16(18)23-15)21-17(20)13(12)9-19/h2-8H,1H3,(H2,20,21)/p+1. The lowest BCUT2D eigenvalue weighted by Crippen LogP contribution is -2.16. The Morgan fingerprint density at radius 1 is 1.22 bits per heavy atom. The Labute approximate surface area is 142 Å². The molecule has 0 amide bonds. The van der Waals surface area contributed by atoms with Gasteiger partial charge in [0.1, 0.15) is 23.1 Å². The molecule has 3 N–H and O–H groups in total. The van der Waals surface area contributed by atoms with E-state index in [1.54, 1.807) is 7.11 Å². The molecule has 114 valence electrons. The summed E-state index contributed by atoms with van der Waals surface area (Å²) in [5, 5.41) is 9.43. The van der Waals surface area contributed by atoms with E-state index in [-0.39, 0.29) is 0 Å². The molecule has 0 unspecified atom stereocenters. The van der Waals surface area contributed by atoms with Crippen LogP contribution in [0.4, 0.5) is 5.82 Å². The molecular weight excluding hydrogens is 330 g/mol. The van der Waals surface area contributed by atoms with Crippen molar-refractivity contribution in [3.8, 4) is 33.5 Å². The fourth-order valence-electron chi connectivity index (χ4n) is 2.32. The second kappa shape index (κ2) is 6.29. The molecule has 0 aliphatic carbocycles. The molecule has 0 aliphatic rings. The highest BCUT2D eigenvalue weighted by molar-refractivity contribution is 7.19. The highest BCUT2D eigenvalue weighted by Crippen LogP contribution is 2.33. The number of rotatable bonds is 3. The van der Waals surface area contributed by atoms with Crippen LogP contribution < -0.4 is 15.5 Å². The monoisotopic (exact) mass is 342 g/mol. The third-order valence-electron chi connectivity index (χ3n) is 3.45. The van der Waals surface area contributed by atoms with E-state index >= 15 is 0 Å². The fourth-order valence-corrected chi connectivity index (χ4v) is 3.33. The van der Waals surface area contributed by atoms with Crippen molar-refractivity contribution in [2.24, 2.45) is 0 Å². The number of aromatic amines is 1. The normalized spacial score (nSPS) is 10.3. The molecule has 0 atom stereocenters. The first-order valence-corrected chi connectivity index (χ1v) is 7.98. The maximum absolute atomic E-state index is 9.43. The lowest BCUT2D eigenvalue weighted by Gasteiger charge is -2.07. The van der Waals surface area contributed by atoms with Crippen molar-refractivity contribution in [2.45, 2.75) is 0 Å². The van der Waals surface area contributed by atoms with E-state index < -0.39 is 0 Å². The van der Waals surface area contributed by atoms with Crippen LogP contribution in [0.25, 0.3) is 21.7 Å². The number of aromatic nitrogens is 1. The highest BCUT2D eigenvalue weighted by Gasteiger charge is 2.18. The minimum Gasteiger partial charge on any atom is -0.497 e. The number of nitrogens with one attached hydrogen (secondary N) is 1. The Bertz CT molecular complexity index is 897. The number of ether oxygens (including phenoxy) is 1. The van der Waals surface area contributed by atoms with Crippen molar-refractivity contribution in [1.82, 2.24) is 0 Å². The van der Waals surface area contributed by atoms with Crippen LogP contribution in [0.2, 0.25) is 4.34 Å². The van der Waals surface area contributed by atoms with Gasteiger partial charge in [-0.05, 0) is 35.9 Å². The topological polar surface area (TPSA) is 73.2 Å². The number of methoxy groups -OCH3 is 1. The summed E-state index contributed by atoms with van der Waals surface area (Å²) in [5.74, 6) is 1.09. The minimum atomic E-state index is 0.334. The van der Waals surface area contributed by atoms with E-state index in [0.29, 0.717) is 15.7 Å². The van der Waals surface area contributed by atoms with Crippen LogP contribution in [0.1, 0.15) is 5.56 Å². The number of nitrogen functional groups attached to an aromatic ring is 1. The van der Waals surface area contributed by atoms with Crippen molar-refractivity contribution >= 4 is 28.8 Å². The zero-order valence-corrected chi connectivity index (χ0v) is 13.8.